The van der Waals surface area contributed by atoms with E-state index in [9.17, 15) is 9.59 Å². The number of carbonyl (C=O) groups excluding carboxylic acids is 2. The molecular formula is C17H13BrClN5O2S. The van der Waals surface area contributed by atoms with Crippen LogP contribution in [0.2, 0.25) is 5.02 Å². The van der Waals surface area contributed by atoms with E-state index < -0.39 is 0 Å². The van der Waals surface area contributed by atoms with E-state index in [0.29, 0.717) is 34.4 Å². The van der Waals surface area contributed by atoms with Crippen molar-refractivity contribution in [3.05, 3.63) is 45.0 Å². The van der Waals surface area contributed by atoms with Crippen LogP contribution in [0.15, 0.2) is 34.4 Å². The normalized spacial score (nSPS) is 13.6. The Morgan fingerprint density at radius 2 is 2.26 bits per heavy atom. The summed E-state index contributed by atoms with van der Waals surface area (Å²) in [5.41, 5.74) is 2.42. The third-order valence-electron chi connectivity index (χ3n) is 4.20. The largest absolute Gasteiger partial charge is 0.315 e. The summed E-state index contributed by atoms with van der Waals surface area (Å²) in [6.45, 7) is -0.0858. The second-order valence-electron chi connectivity index (χ2n) is 5.92. The Labute approximate surface area is 171 Å². The van der Waals surface area contributed by atoms with Gasteiger partial charge in [-0.05, 0) is 40.0 Å². The molecule has 0 aliphatic carbocycles. The molecule has 0 fully saturated rings. The van der Waals surface area contributed by atoms with Crippen molar-refractivity contribution in [3.8, 4) is 11.4 Å². The van der Waals surface area contributed by atoms with Crippen molar-refractivity contribution in [3.63, 3.8) is 0 Å². The Hall–Kier alpha value is -2.23. The number of carbonyl (C=O) groups is 2. The first-order valence-corrected chi connectivity index (χ1v) is 10.1. The second kappa shape index (κ2) is 7.41. The van der Waals surface area contributed by atoms with E-state index in [1.807, 2.05) is 11.4 Å². The monoisotopic (exact) mass is 465 g/mol. The standard InChI is InChI=1S/C17H13BrClN5O2S/c18-11-7-27-17(15(11)16-20-8-21-23-16)22-13(25)6-24-12-5-10(19)3-1-9(12)2-4-14(24)26/h1,3,5,7-8H,2,4,6H2,(H,22,25)(H,20,21,23). The molecule has 1 aromatic carbocycles. The van der Waals surface area contributed by atoms with Crippen molar-refractivity contribution >= 4 is 61.4 Å². The number of rotatable bonds is 4. The predicted molar refractivity (Wildman–Crippen MR) is 108 cm³/mol. The number of aromatic nitrogens is 3. The van der Waals surface area contributed by atoms with E-state index >= 15 is 0 Å². The number of halogens is 2. The summed E-state index contributed by atoms with van der Waals surface area (Å²) in [5, 5.41) is 12.5. The summed E-state index contributed by atoms with van der Waals surface area (Å²) in [5.74, 6) is 0.152. The van der Waals surface area contributed by atoms with Crippen LogP contribution in [-0.4, -0.2) is 33.5 Å². The molecule has 0 saturated heterocycles. The highest BCUT2D eigenvalue weighted by Crippen LogP contribution is 2.39. The molecule has 138 valence electrons. The summed E-state index contributed by atoms with van der Waals surface area (Å²) < 4.78 is 0.797. The quantitative estimate of drug-likeness (QED) is 0.611. The highest BCUT2D eigenvalue weighted by atomic mass is 79.9. The molecule has 0 bridgehead atoms. The average Bonchev–Trinajstić information content (AvgIpc) is 3.27. The summed E-state index contributed by atoms with van der Waals surface area (Å²) in [6.07, 6.45) is 2.42. The zero-order chi connectivity index (χ0) is 19.0. The first kappa shape index (κ1) is 18.1. The molecule has 2 amide bonds. The lowest BCUT2D eigenvalue weighted by Gasteiger charge is -2.29. The Morgan fingerprint density at radius 3 is 3.04 bits per heavy atom. The van der Waals surface area contributed by atoms with Crippen molar-refractivity contribution in [2.75, 3.05) is 16.8 Å². The number of aromatic amines is 1. The first-order valence-electron chi connectivity index (χ1n) is 8.04. The van der Waals surface area contributed by atoms with Gasteiger partial charge in [-0.3, -0.25) is 14.7 Å². The molecule has 0 unspecified atom stereocenters. The van der Waals surface area contributed by atoms with Crippen LogP contribution in [0.3, 0.4) is 0 Å². The Kier molecular flexibility index (Phi) is 4.98. The van der Waals surface area contributed by atoms with E-state index in [4.69, 9.17) is 11.6 Å². The highest BCUT2D eigenvalue weighted by molar-refractivity contribution is 9.10. The fraction of sp³-hybridized carbons (Fsp3) is 0.176. The molecule has 10 heteroatoms. The van der Waals surface area contributed by atoms with Gasteiger partial charge in [-0.15, -0.1) is 11.3 Å². The number of anilines is 2. The maximum Gasteiger partial charge on any atom is 0.245 e. The molecule has 1 aliphatic rings. The minimum Gasteiger partial charge on any atom is -0.315 e. The molecule has 0 radical (unpaired) electrons. The lowest BCUT2D eigenvalue weighted by atomic mass is 10.0. The minimum atomic E-state index is -0.300. The fourth-order valence-electron chi connectivity index (χ4n) is 2.97. The number of nitrogens with one attached hydrogen (secondary N) is 2. The molecule has 7 nitrogen and oxygen atoms in total. The van der Waals surface area contributed by atoms with Crippen LogP contribution < -0.4 is 10.2 Å². The second-order valence-corrected chi connectivity index (χ2v) is 8.09. The number of benzene rings is 1. The van der Waals surface area contributed by atoms with Crippen LogP contribution in [0.1, 0.15) is 12.0 Å². The van der Waals surface area contributed by atoms with Crippen molar-refractivity contribution in [1.82, 2.24) is 15.2 Å². The van der Waals surface area contributed by atoms with E-state index in [-0.39, 0.29) is 18.4 Å². The van der Waals surface area contributed by atoms with Crippen LogP contribution in [-0.2, 0) is 16.0 Å². The Bertz CT molecular complexity index is 1020. The highest BCUT2D eigenvalue weighted by Gasteiger charge is 2.27. The summed E-state index contributed by atoms with van der Waals surface area (Å²) in [4.78, 5) is 30.7. The number of fused-ring (bicyclic) bond motifs is 1. The predicted octanol–water partition coefficient (Wildman–Crippen LogP) is 3.87. The molecule has 0 atom stereocenters. The van der Waals surface area contributed by atoms with Gasteiger partial charge in [0.05, 0.1) is 5.56 Å². The van der Waals surface area contributed by atoms with Crippen LogP contribution >= 0.6 is 38.9 Å². The van der Waals surface area contributed by atoms with Crippen molar-refractivity contribution in [2.24, 2.45) is 0 Å². The Balaban J connectivity index is 1.56. The number of hydrogen-bond acceptors (Lipinski definition) is 5. The van der Waals surface area contributed by atoms with Gasteiger partial charge in [-0.25, -0.2) is 4.98 Å². The maximum atomic E-state index is 12.7. The number of nitrogens with zero attached hydrogens (tertiary/aromatic N) is 3. The van der Waals surface area contributed by atoms with E-state index in [1.54, 1.807) is 12.1 Å². The van der Waals surface area contributed by atoms with Gasteiger partial charge in [0.25, 0.3) is 0 Å². The number of aryl methyl sites for hydroxylation is 1. The third-order valence-corrected chi connectivity index (χ3v) is 6.26. The smallest absolute Gasteiger partial charge is 0.245 e. The molecule has 2 N–H and O–H groups in total. The van der Waals surface area contributed by atoms with E-state index in [0.717, 1.165) is 15.6 Å². The van der Waals surface area contributed by atoms with Gasteiger partial charge in [-0.2, -0.15) is 5.10 Å². The maximum absolute atomic E-state index is 12.7. The number of amides is 2. The van der Waals surface area contributed by atoms with Crippen molar-refractivity contribution in [2.45, 2.75) is 12.8 Å². The molecule has 0 saturated carbocycles. The van der Waals surface area contributed by atoms with Crippen molar-refractivity contribution in [1.29, 1.82) is 0 Å². The number of hydrogen-bond donors (Lipinski definition) is 2. The molecular weight excluding hydrogens is 454 g/mol. The van der Waals surface area contributed by atoms with Crippen molar-refractivity contribution < 1.29 is 9.59 Å². The minimum absolute atomic E-state index is 0.0858. The molecule has 4 rings (SSSR count). The van der Waals surface area contributed by atoms with Gasteiger partial charge >= 0.3 is 0 Å². The summed E-state index contributed by atoms with van der Waals surface area (Å²) in [7, 11) is 0. The zero-order valence-corrected chi connectivity index (χ0v) is 17.0. The average molecular weight is 467 g/mol. The molecule has 0 spiro atoms. The van der Waals surface area contributed by atoms with Crippen LogP contribution in [0.5, 0.6) is 0 Å². The molecule has 3 aromatic rings. The molecule has 3 heterocycles. The lowest BCUT2D eigenvalue weighted by Crippen LogP contribution is -2.40. The van der Waals surface area contributed by atoms with Crippen LogP contribution in [0.25, 0.3) is 11.4 Å². The summed E-state index contributed by atoms with van der Waals surface area (Å²) >= 11 is 10.9. The van der Waals surface area contributed by atoms with Gasteiger partial charge in [-0.1, -0.05) is 17.7 Å². The van der Waals surface area contributed by atoms with E-state index in [2.05, 4.69) is 36.4 Å². The van der Waals surface area contributed by atoms with E-state index in [1.165, 1.54) is 22.6 Å². The number of thiophene rings is 1. The molecule has 27 heavy (non-hydrogen) atoms. The van der Waals surface area contributed by atoms with Gasteiger partial charge < -0.3 is 10.2 Å². The molecule has 1 aliphatic heterocycles. The first-order chi connectivity index (χ1) is 13.0. The summed E-state index contributed by atoms with van der Waals surface area (Å²) in [6, 6.07) is 5.41. The topological polar surface area (TPSA) is 91.0 Å². The number of H-pyrrole nitrogens is 1. The van der Waals surface area contributed by atoms with Crippen LogP contribution in [0.4, 0.5) is 10.7 Å². The zero-order valence-electron chi connectivity index (χ0n) is 13.8. The van der Waals surface area contributed by atoms with Gasteiger partial charge in [0, 0.05) is 27.0 Å². The Morgan fingerprint density at radius 1 is 1.41 bits per heavy atom. The molecule has 2 aromatic heterocycles. The third kappa shape index (κ3) is 3.62. The SMILES string of the molecule is O=C(CN1C(=O)CCc2ccc(Cl)cc21)Nc1scc(Br)c1-c1ncn[nH]1. The van der Waals surface area contributed by atoms with Gasteiger partial charge in [0.2, 0.25) is 11.8 Å². The van der Waals surface area contributed by atoms with Gasteiger partial charge in [0.15, 0.2) is 5.82 Å². The van der Waals surface area contributed by atoms with Gasteiger partial charge in [0.1, 0.15) is 17.9 Å². The van der Waals surface area contributed by atoms with Crippen LogP contribution in [0, 0.1) is 0 Å². The fourth-order valence-corrected chi connectivity index (χ4v) is 4.77. The lowest BCUT2D eigenvalue weighted by molar-refractivity contribution is -0.121.